The summed E-state index contributed by atoms with van der Waals surface area (Å²) in [7, 11) is 1.60. The van der Waals surface area contributed by atoms with Gasteiger partial charge in [-0.25, -0.2) is 0 Å². The van der Waals surface area contributed by atoms with E-state index in [9.17, 15) is 9.90 Å². The van der Waals surface area contributed by atoms with E-state index in [1.54, 1.807) is 7.11 Å². The van der Waals surface area contributed by atoms with Crippen molar-refractivity contribution in [2.24, 2.45) is 0 Å². The van der Waals surface area contributed by atoms with Gasteiger partial charge in [-0.15, -0.1) is 0 Å². The number of nitrogens with one attached hydrogen (secondary N) is 1. The van der Waals surface area contributed by atoms with Gasteiger partial charge in [0.1, 0.15) is 11.5 Å². The quantitative estimate of drug-likeness (QED) is 0.629. The maximum atomic E-state index is 11.4. The number of carbonyl (C=O) groups is 1. The van der Waals surface area contributed by atoms with Crippen molar-refractivity contribution in [3.8, 4) is 22.8 Å². The molecule has 0 aliphatic heterocycles. The van der Waals surface area contributed by atoms with Gasteiger partial charge in [0, 0.05) is 20.9 Å². The average Bonchev–Trinajstić information content (AvgIpc) is 2.92. The van der Waals surface area contributed by atoms with E-state index in [-0.39, 0.29) is 6.42 Å². The molecule has 0 aliphatic carbocycles. The van der Waals surface area contributed by atoms with Crippen molar-refractivity contribution in [3.05, 3.63) is 46.4 Å². The van der Waals surface area contributed by atoms with Crippen LogP contribution in [-0.4, -0.2) is 29.8 Å². The number of hydrogen-bond donors (Lipinski definition) is 2. The van der Waals surface area contributed by atoms with Crippen LogP contribution in [0.2, 0.25) is 0 Å². The number of aromatic amines is 1. The van der Waals surface area contributed by atoms with Gasteiger partial charge >= 0.3 is 5.97 Å². The van der Waals surface area contributed by atoms with Gasteiger partial charge in [-0.3, -0.25) is 4.79 Å². The number of benzene rings is 2. The van der Waals surface area contributed by atoms with Crippen LogP contribution in [0, 0.1) is 0 Å². The Labute approximate surface area is 153 Å². The van der Waals surface area contributed by atoms with Crippen LogP contribution in [0.15, 0.2) is 40.9 Å². The molecule has 0 amide bonds. The Morgan fingerprint density at radius 3 is 2.72 bits per heavy atom. The lowest BCUT2D eigenvalue weighted by molar-refractivity contribution is -0.136. The molecule has 0 saturated heterocycles. The minimum absolute atomic E-state index is 0.0966. The predicted molar refractivity (Wildman–Crippen MR) is 100 cm³/mol. The molecule has 5 nitrogen and oxygen atoms in total. The molecule has 0 unspecified atom stereocenters. The van der Waals surface area contributed by atoms with Gasteiger partial charge in [0.2, 0.25) is 0 Å². The highest BCUT2D eigenvalue weighted by Crippen LogP contribution is 2.38. The van der Waals surface area contributed by atoms with E-state index in [0.29, 0.717) is 23.7 Å². The lowest BCUT2D eigenvalue weighted by atomic mass is 10.0. The van der Waals surface area contributed by atoms with Crippen molar-refractivity contribution < 1.29 is 19.4 Å². The normalized spacial score (nSPS) is 10.8. The predicted octanol–water partition coefficient (Wildman–Crippen LogP) is 4.63. The molecule has 3 aromatic rings. The minimum atomic E-state index is -0.891. The number of rotatable bonds is 6. The number of ether oxygens (including phenoxy) is 2. The number of hydrogen-bond acceptors (Lipinski definition) is 3. The molecule has 1 aromatic heterocycles. The number of aliphatic carboxylic acids is 1. The largest absolute Gasteiger partial charge is 0.496 e. The molecule has 0 fully saturated rings. The lowest BCUT2D eigenvalue weighted by Gasteiger charge is -2.10. The Hall–Kier alpha value is -2.47. The Morgan fingerprint density at radius 2 is 2.04 bits per heavy atom. The summed E-state index contributed by atoms with van der Waals surface area (Å²) in [6, 6.07) is 11.3. The minimum Gasteiger partial charge on any atom is -0.496 e. The number of carboxylic acid groups (broad SMARTS) is 1. The van der Waals surface area contributed by atoms with E-state index in [0.717, 1.165) is 26.6 Å². The van der Waals surface area contributed by atoms with Crippen molar-refractivity contribution in [1.82, 2.24) is 4.98 Å². The van der Waals surface area contributed by atoms with E-state index < -0.39 is 5.97 Å². The smallest absolute Gasteiger partial charge is 0.307 e. The monoisotopic (exact) mass is 403 g/mol. The maximum Gasteiger partial charge on any atom is 0.307 e. The third-order valence-electron chi connectivity index (χ3n) is 3.95. The van der Waals surface area contributed by atoms with Crippen LogP contribution in [0.1, 0.15) is 12.5 Å². The zero-order chi connectivity index (χ0) is 18.0. The number of methoxy groups -OCH3 is 1. The first kappa shape index (κ1) is 17.4. The van der Waals surface area contributed by atoms with Gasteiger partial charge < -0.3 is 19.6 Å². The second kappa shape index (κ2) is 7.19. The highest BCUT2D eigenvalue weighted by Gasteiger charge is 2.19. The molecular weight excluding hydrogens is 386 g/mol. The van der Waals surface area contributed by atoms with Gasteiger partial charge in [0.15, 0.2) is 0 Å². The number of halogens is 1. The summed E-state index contributed by atoms with van der Waals surface area (Å²) in [4.78, 5) is 14.8. The van der Waals surface area contributed by atoms with Crippen molar-refractivity contribution in [3.63, 3.8) is 0 Å². The van der Waals surface area contributed by atoms with Crippen molar-refractivity contribution in [2.75, 3.05) is 13.7 Å². The molecule has 2 aromatic carbocycles. The van der Waals surface area contributed by atoms with Crippen LogP contribution in [0.4, 0.5) is 0 Å². The summed E-state index contributed by atoms with van der Waals surface area (Å²) in [6.07, 6.45) is -0.0966. The summed E-state index contributed by atoms with van der Waals surface area (Å²) in [5.74, 6) is 0.498. The van der Waals surface area contributed by atoms with Crippen LogP contribution in [0.3, 0.4) is 0 Å². The summed E-state index contributed by atoms with van der Waals surface area (Å²) in [6.45, 7) is 2.47. The first-order valence-corrected chi connectivity index (χ1v) is 8.66. The van der Waals surface area contributed by atoms with E-state index in [1.807, 2.05) is 43.3 Å². The third kappa shape index (κ3) is 3.49. The maximum absolute atomic E-state index is 11.4. The molecule has 0 radical (unpaired) electrons. The number of carboxylic acids is 1. The number of H-pyrrole nitrogens is 1. The van der Waals surface area contributed by atoms with Crippen LogP contribution in [0.5, 0.6) is 11.5 Å². The van der Waals surface area contributed by atoms with Gasteiger partial charge in [0.25, 0.3) is 0 Å². The number of aromatic nitrogens is 1. The van der Waals surface area contributed by atoms with Crippen LogP contribution in [0.25, 0.3) is 22.2 Å². The molecule has 6 heteroatoms. The summed E-state index contributed by atoms with van der Waals surface area (Å²) in [5, 5.41) is 10.2. The standard InChI is InChI=1S/C19H18BrNO4/c1-3-25-12-5-6-16-13(9-12)14(10-18(22)23)19(21-16)15-8-11(20)4-7-17(15)24-2/h4-9,21H,3,10H2,1-2H3,(H,22,23). The SMILES string of the molecule is CCOc1ccc2[nH]c(-c3cc(Br)ccc3OC)c(CC(=O)O)c2c1. The molecule has 0 spiro atoms. The van der Waals surface area contributed by atoms with Crippen LogP contribution < -0.4 is 9.47 Å². The topological polar surface area (TPSA) is 71.5 Å². The second-order valence-electron chi connectivity index (χ2n) is 5.53. The van der Waals surface area contributed by atoms with E-state index >= 15 is 0 Å². The summed E-state index contributed by atoms with van der Waals surface area (Å²) in [5.41, 5.74) is 3.11. The van der Waals surface area contributed by atoms with Crippen LogP contribution >= 0.6 is 15.9 Å². The molecule has 0 atom stereocenters. The van der Waals surface area contributed by atoms with Crippen molar-refractivity contribution >= 4 is 32.8 Å². The molecule has 3 rings (SSSR count). The molecule has 0 bridgehead atoms. The van der Waals surface area contributed by atoms with E-state index in [1.165, 1.54) is 0 Å². The fourth-order valence-electron chi connectivity index (χ4n) is 2.92. The highest BCUT2D eigenvalue weighted by atomic mass is 79.9. The zero-order valence-corrected chi connectivity index (χ0v) is 15.5. The average molecular weight is 404 g/mol. The first-order valence-electron chi connectivity index (χ1n) is 7.86. The Balaban J connectivity index is 2.27. The summed E-state index contributed by atoms with van der Waals surface area (Å²) < 4.78 is 11.9. The molecule has 2 N–H and O–H groups in total. The Kier molecular flexibility index (Phi) is 4.99. The van der Waals surface area contributed by atoms with Gasteiger partial charge in [-0.1, -0.05) is 15.9 Å². The summed E-state index contributed by atoms with van der Waals surface area (Å²) >= 11 is 3.47. The fourth-order valence-corrected chi connectivity index (χ4v) is 3.28. The molecule has 0 saturated carbocycles. The number of fused-ring (bicyclic) bond motifs is 1. The first-order chi connectivity index (χ1) is 12.0. The molecule has 1 heterocycles. The molecule has 130 valence electrons. The van der Waals surface area contributed by atoms with E-state index in [2.05, 4.69) is 20.9 Å². The van der Waals surface area contributed by atoms with Crippen LogP contribution in [-0.2, 0) is 11.2 Å². The zero-order valence-electron chi connectivity index (χ0n) is 13.9. The fraction of sp³-hybridized carbons (Fsp3) is 0.211. The van der Waals surface area contributed by atoms with Gasteiger partial charge in [-0.2, -0.15) is 0 Å². The van der Waals surface area contributed by atoms with E-state index in [4.69, 9.17) is 9.47 Å². The van der Waals surface area contributed by atoms with Gasteiger partial charge in [0.05, 0.1) is 25.8 Å². The second-order valence-corrected chi connectivity index (χ2v) is 6.45. The molecular formula is C19H18BrNO4. The van der Waals surface area contributed by atoms with Crippen molar-refractivity contribution in [1.29, 1.82) is 0 Å². The Morgan fingerprint density at radius 1 is 1.24 bits per heavy atom. The third-order valence-corrected chi connectivity index (χ3v) is 4.44. The molecule has 25 heavy (non-hydrogen) atoms. The highest BCUT2D eigenvalue weighted by molar-refractivity contribution is 9.10. The Bertz CT molecular complexity index is 933. The molecule has 0 aliphatic rings. The lowest BCUT2D eigenvalue weighted by Crippen LogP contribution is -2.01. The van der Waals surface area contributed by atoms with Crippen molar-refractivity contribution in [2.45, 2.75) is 13.3 Å². The van der Waals surface area contributed by atoms with Gasteiger partial charge in [-0.05, 0) is 48.9 Å².